The number of nitrogens with zero attached hydrogens (tertiary/aromatic N) is 2. The van der Waals surface area contributed by atoms with E-state index in [-0.39, 0.29) is 0 Å². The van der Waals surface area contributed by atoms with Gasteiger partial charge in [-0.3, -0.25) is 0 Å². The zero-order valence-corrected chi connectivity index (χ0v) is 9.71. The van der Waals surface area contributed by atoms with Crippen LogP contribution in [-0.4, -0.2) is 23.6 Å². The van der Waals surface area contributed by atoms with E-state index in [9.17, 15) is 0 Å². The van der Waals surface area contributed by atoms with Crippen LogP contribution in [0.25, 0.3) is 0 Å². The predicted octanol–water partition coefficient (Wildman–Crippen LogP) is 0.719. The van der Waals surface area contributed by atoms with E-state index in [0.717, 1.165) is 31.9 Å². The quantitative estimate of drug-likeness (QED) is 0.785. The van der Waals surface area contributed by atoms with Gasteiger partial charge in [0.2, 0.25) is 0 Å². The summed E-state index contributed by atoms with van der Waals surface area (Å²) in [6.45, 7) is 2.83. The van der Waals surface area contributed by atoms with Crippen LogP contribution in [-0.2, 0) is 19.5 Å². The molecular formula is C12H18N4. The first kappa shape index (κ1) is 10.2. The maximum atomic E-state index is 4.74. The van der Waals surface area contributed by atoms with Crippen molar-refractivity contribution in [1.29, 1.82) is 0 Å². The van der Waals surface area contributed by atoms with E-state index in [1.54, 1.807) is 0 Å². The average molecular weight is 218 g/mol. The Kier molecular flexibility index (Phi) is 2.61. The van der Waals surface area contributed by atoms with Crippen LogP contribution in [0.3, 0.4) is 0 Å². The first-order valence-electron chi connectivity index (χ1n) is 6.12. The molecule has 4 nitrogen and oxygen atoms in total. The molecule has 0 saturated heterocycles. The standard InChI is InChI=1S/C12H18N4/c1-13-6-10-9-4-5-14-7-11(9)16-12(15-10)8-2-3-8/h8,13-14H,2-7H2,1H3. The molecule has 1 aromatic heterocycles. The molecule has 0 atom stereocenters. The van der Waals surface area contributed by atoms with E-state index >= 15 is 0 Å². The molecule has 4 heteroatoms. The fourth-order valence-corrected chi connectivity index (χ4v) is 2.30. The van der Waals surface area contributed by atoms with Gasteiger partial charge in [0.1, 0.15) is 5.82 Å². The highest BCUT2D eigenvalue weighted by Crippen LogP contribution is 2.38. The highest BCUT2D eigenvalue weighted by atomic mass is 15.0. The minimum atomic E-state index is 0.642. The lowest BCUT2D eigenvalue weighted by molar-refractivity contribution is 0.601. The number of hydrogen-bond donors (Lipinski definition) is 2. The maximum absolute atomic E-state index is 4.74. The molecule has 2 heterocycles. The molecule has 86 valence electrons. The number of nitrogens with one attached hydrogen (secondary N) is 2. The zero-order valence-electron chi connectivity index (χ0n) is 9.71. The SMILES string of the molecule is CNCc1nc(C2CC2)nc2c1CCNC2. The Hall–Kier alpha value is -1.00. The van der Waals surface area contributed by atoms with Crippen molar-refractivity contribution in [3.63, 3.8) is 0 Å². The molecule has 2 aliphatic rings. The fourth-order valence-electron chi connectivity index (χ4n) is 2.30. The van der Waals surface area contributed by atoms with Crippen LogP contribution >= 0.6 is 0 Å². The van der Waals surface area contributed by atoms with Gasteiger partial charge in [-0.2, -0.15) is 0 Å². The highest BCUT2D eigenvalue weighted by molar-refractivity contribution is 5.29. The smallest absolute Gasteiger partial charge is 0.132 e. The second-order valence-electron chi connectivity index (χ2n) is 4.69. The zero-order chi connectivity index (χ0) is 11.0. The van der Waals surface area contributed by atoms with E-state index in [2.05, 4.69) is 10.6 Å². The Bertz CT molecular complexity index is 398. The summed E-state index contributed by atoms with van der Waals surface area (Å²) in [5, 5.41) is 6.60. The molecule has 1 fully saturated rings. The first-order chi connectivity index (χ1) is 7.88. The summed E-state index contributed by atoms with van der Waals surface area (Å²) < 4.78 is 0. The van der Waals surface area contributed by atoms with Crippen LogP contribution in [0.15, 0.2) is 0 Å². The summed E-state index contributed by atoms with van der Waals surface area (Å²) in [6, 6.07) is 0. The van der Waals surface area contributed by atoms with Gasteiger partial charge < -0.3 is 10.6 Å². The molecule has 0 amide bonds. The lowest BCUT2D eigenvalue weighted by Gasteiger charge is -2.20. The Morgan fingerprint density at radius 1 is 1.38 bits per heavy atom. The molecule has 1 aliphatic carbocycles. The van der Waals surface area contributed by atoms with Gasteiger partial charge in [0.05, 0.1) is 11.4 Å². The van der Waals surface area contributed by atoms with Crippen LogP contribution in [0.1, 0.15) is 41.5 Å². The Labute approximate surface area is 95.9 Å². The normalized spacial score (nSPS) is 19.6. The van der Waals surface area contributed by atoms with Crippen LogP contribution in [0, 0.1) is 0 Å². The Morgan fingerprint density at radius 3 is 3.00 bits per heavy atom. The predicted molar refractivity (Wildman–Crippen MR) is 62.2 cm³/mol. The van der Waals surface area contributed by atoms with Crippen molar-refractivity contribution >= 4 is 0 Å². The van der Waals surface area contributed by atoms with Gasteiger partial charge in [0, 0.05) is 19.0 Å². The molecule has 1 saturated carbocycles. The van der Waals surface area contributed by atoms with E-state index in [1.807, 2.05) is 7.05 Å². The van der Waals surface area contributed by atoms with E-state index in [4.69, 9.17) is 9.97 Å². The third kappa shape index (κ3) is 1.83. The van der Waals surface area contributed by atoms with E-state index in [1.165, 1.54) is 29.8 Å². The topological polar surface area (TPSA) is 49.8 Å². The van der Waals surface area contributed by atoms with Crippen LogP contribution < -0.4 is 10.6 Å². The third-order valence-corrected chi connectivity index (χ3v) is 3.33. The summed E-state index contributed by atoms with van der Waals surface area (Å²) >= 11 is 0. The third-order valence-electron chi connectivity index (χ3n) is 3.33. The minimum Gasteiger partial charge on any atom is -0.314 e. The molecule has 1 aromatic rings. The molecule has 3 rings (SSSR count). The Morgan fingerprint density at radius 2 is 2.25 bits per heavy atom. The molecule has 1 aliphatic heterocycles. The fraction of sp³-hybridized carbons (Fsp3) is 0.667. The van der Waals surface area contributed by atoms with E-state index in [0.29, 0.717) is 5.92 Å². The molecule has 0 radical (unpaired) electrons. The monoisotopic (exact) mass is 218 g/mol. The van der Waals surface area contributed by atoms with E-state index < -0.39 is 0 Å². The van der Waals surface area contributed by atoms with Crippen molar-refractivity contribution in [2.45, 2.75) is 38.3 Å². The van der Waals surface area contributed by atoms with Crippen molar-refractivity contribution < 1.29 is 0 Å². The molecule has 0 bridgehead atoms. The van der Waals surface area contributed by atoms with Gasteiger partial charge in [0.25, 0.3) is 0 Å². The van der Waals surface area contributed by atoms with Crippen LogP contribution in [0.2, 0.25) is 0 Å². The summed E-state index contributed by atoms with van der Waals surface area (Å²) in [6.07, 6.45) is 3.60. The summed E-state index contributed by atoms with van der Waals surface area (Å²) in [7, 11) is 1.98. The second-order valence-corrected chi connectivity index (χ2v) is 4.69. The molecule has 16 heavy (non-hydrogen) atoms. The van der Waals surface area contributed by atoms with Crippen LogP contribution in [0.5, 0.6) is 0 Å². The summed E-state index contributed by atoms with van der Waals surface area (Å²) in [5.74, 6) is 1.72. The number of hydrogen-bond acceptors (Lipinski definition) is 4. The molecule has 0 aromatic carbocycles. The van der Waals surface area contributed by atoms with Crippen molar-refractivity contribution in [2.24, 2.45) is 0 Å². The average Bonchev–Trinajstić information content (AvgIpc) is 3.13. The molecule has 2 N–H and O–H groups in total. The Balaban J connectivity index is 2.01. The highest BCUT2D eigenvalue weighted by Gasteiger charge is 2.28. The van der Waals surface area contributed by atoms with Gasteiger partial charge in [-0.15, -0.1) is 0 Å². The minimum absolute atomic E-state index is 0.642. The van der Waals surface area contributed by atoms with Crippen molar-refractivity contribution in [1.82, 2.24) is 20.6 Å². The number of aromatic nitrogens is 2. The van der Waals surface area contributed by atoms with Crippen LogP contribution in [0.4, 0.5) is 0 Å². The maximum Gasteiger partial charge on any atom is 0.132 e. The number of rotatable bonds is 3. The van der Waals surface area contributed by atoms with Gasteiger partial charge in [-0.05, 0) is 38.4 Å². The second kappa shape index (κ2) is 4.11. The first-order valence-corrected chi connectivity index (χ1v) is 6.12. The largest absolute Gasteiger partial charge is 0.314 e. The summed E-state index contributed by atoms with van der Waals surface area (Å²) in [4.78, 5) is 9.45. The lowest BCUT2D eigenvalue weighted by Crippen LogP contribution is -2.28. The van der Waals surface area contributed by atoms with Crippen molar-refractivity contribution in [3.8, 4) is 0 Å². The number of fused-ring (bicyclic) bond motifs is 1. The van der Waals surface area contributed by atoms with Gasteiger partial charge in [-0.25, -0.2) is 9.97 Å². The van der Waals surface area contributed by atoms with Gasteiger partial charge >= 0.3 is 0 Å². The summed E-state index contributed by atoms with van der Waals surface area (Å²) in [5.41, 5.74) is 3.82. The van der Waals surface area contributed by atoms with Crippen molar-refractivity contribution in [3.05, 3.63) is 22.8 Å². The van der Waals surface area contributed by atoms with Gasteiger partial charge in [-0.1, -0.05) is 0 Å². The lowest BCUT2D eigenvalue weighted by atomic mass is 10.0. The molecule has 0 unspecified atom stereocenters. The van der Waals surface area contributed by atoms with Crippen molar-refractivity contribution in [2.75, 3.05) is 13.6 Å². The molecule has 0 spiro atoms. The molecular weight excluding hydrogens is 200 g/mol. The van der Waals surface area contributed by atoms with Gasteiger partial charge in [0.15, 0.2) is 0 Å².